The van der Waals surface area contributed by atoms with Crippen molar-refractivity contribution in [2.45, 2.75) is 77.0 Å². The van der Waals surface area contributed by atoms with Crippen LogP contribution in [0.15, 0.2) is 0 Å². The lowest BCUT2D eigenvalue weighted by atomic mass is 9.82. The summed E-state index contributed by atoms with van der Waals surface area (Å²) in [6.07, 6.45) is 6.23. The van der Waals surface area contributed by atoms with Crippen molar-refractivity contribution in [3.8, 4) is 0 Å². The Hall–Kier alpha value is -0.120. The minimum absolute atomic E-state index is 0.0889. The Labute approximate surface area is 105 Å². The maximum atomic E-state index is 9.97. The van der Waals surface area contributed by atoms with Crippen LogP contribution in [0.1, 0.15) is 58.8 Å². The summed E-state index contributed by atoms with van der Waals surface area (Å²) in [6.45, 7) is 4.33. The average molecular weight is 243 g/mol. The van der Waals surface area contributed by atoms with Gasteiger partial charge in [-0.05, 0) is 56.8 Å². The fourth-order valence-corrected chi connectivity index (χ4v) is 2.64. The molecule has 0 radical (unpaired) electrons. The Morgan fingerprint density at radius 2 is 1.71 bits per heavy atom. The first-order valence-corrected chi connectivity index (χ1v) is 7.10. The normalized spacial score (nSPS) is 29.3. The second kappa shape index (κ2) is 7.34. The molecule has 0 amide bonds. The number of hydrogen-bond donors (Lipinski definition) is 3. The van der Waals surface area contributed by atoms with Gasteiger partial charge in [0.1, 0.15) is 0 Å². The van der Waals surface area contributed by atoms with Gasteiger partial charge in [-0.1, -0.05) is 13.8 Å². The standard InChI is InChI=1S/C14H29NO2/c1-10(2)3-8-14(17)13(15)9-11-4-6-12(16)7-5-11/h10-14,16-17H,3-9,15H2,1-2H3/t11?,12?,13-,14+/m0/s1. The third-order valence-corrected chi connectivity index (χ3v) is 3.96. The first-order valence-electron chi connectivity index (χ1n) is 7.10. The third-order valence-electron chi connectivity index (χ3n) is 3.96. The Morgan fingerprint density at radius 3 is 2.24 bits per heavy atom. The molecule has 0 aromatic heterocycles. The van der Waals surface area contributed by atoms with Gasteiger partial charge in [-0.2, -0.15) is 0 Å². The van der Waals surface area contributed by atoms with Crippen LogP contribution in [-0.2, 0) is 0 Å². The van der Waals surface area contributed by atoms with Gasteiger partial charge >= 0.3 is 0 Å². The van der Waals surface area contributed by atoms with Gasteiger partial charge in [-0.15, -0.1) is 0 Å². The van der Waals surface area contributed by atoms with Crippen molar-refractivity contribution in [3.05, 3.63) is 0 Å². The Bertz CT molecular complexity index is 200. The Balaban J connectivity index is 2.21. The molecule has 4 N–H and O–H groups in total. The average Bonchev–Trinajstić information content (AvgIpc) is 2.28. The second-order valence-corrected chi connectivity index (χ2v) is 6.11. The molecule has 0 spiro atoms. The van der Waals surface area contributed by atoms with Gasteiger partial charge < -0.3 is 15.9 Å². The van der Waals surface area contributed by atoms with Crippen molar-refractivity contribution in [1.29, 1.82) is 0 Å². The monoisotopic (exact) mass is 243 g/mol. The van der Waals surface area contributed by atoms with Crippen LogP contribution in [0.5, 0.6) is 0 Å². The summed E-state index contributed by atoms with van der Waals surface area (Å²) in [4.78, 5) is 0. The molecule has 1 rings (SSSR count). The summed E-state index contributed by atoms with van der Waals surface area (Å²) in [7, 11) is 0. The Morgan fingerprint density at radius 1 is 1.12 bits per heavy atom. The molecule has 0 heterocycles. The van der Waals surface area contributed by atoms with Crippen molar-refractivity contribution in [1.82, 2.24) is 0 Å². The van der Waals surface area contributed by atoms with Crippen LogP contribution in [0.4, 0.5) is 0 Å². The molecule has 0 unspecified atom stereocenters. The van der Waals surface area contributed by atoms with Crippen LogP contribution in [0.25, 0.3) is 0 Å². The molecule has 0 aliphatic heterocycles. The fourth-order valence-electron chi connectivity index (χ4n) is 2.64. The van der Waals surface area contributed by atoms with Crippen molar-refractivity contribution >= 4 is 0 Å². The third kappa shape index (κ3) is 5.84. The van der Waals surface area contributed by atoms with E-state index in [0.29, 0.717) is 11.8 Å². The van der Waals surface area contributed by atoms with E-state index in [1.165, 1.54) is 0 Å². The highest BCUT2D eigenvalue weighted by Gasteiger charge is 2.24. The van der Waals surface area contributed by atoms with E-state index in [-0.39, 0.29) is 18.2 Å². The molecule has 0 bridgehead atoms. The van der Waals surface area contributed by atoms with Crippen molar-refractivity contribution in [2.24, 2.45) is 17.6 Å². The maximum absolute atomic E-state index is 9.97. The second-order valence-electron chi connectivity index (χ2n) is 6.11. The number of rotatable bonds is 6. The lowest BCUT2D eigenvalue weighted by molar-refractivity contribution is 0.0844. The molecular weight excluding hydrogens is 214 g/mol. The van der Waals surface area contributed by atoms with E-state index in [1.54, 1.807) is 0 Å². The zero-order valence-corrected chi connectivity index (χ0v) is 11.3. The van der Waals surface area contributed by atoms with Crippen LogP contribution in [-0.4, -0.2) is 28.5 Å². The molecule has 3 nitrogen and oxygen atoms in total. The minimum Gasteiger partial charge on any atom is -0.393 e. The molecule has 0 aromatic carbocycles. The maximum Gasteiger partial charge on any atom is 0.0691 e. The number of nitrogens with two attached hydrogens (primary N) is 1. The molecule has 0 aromatic rings. The molecule has 1 fully saturated rings. The highest BCUT2D eigenvalue weighted by Crippen LogP contribution is 2.28. The number of hydrogen-bond acceptors (Lipinski definition) is 3. The molecular formula is C14H29NO2. The van der Waals surface area contributed by atoms with E-state index in [0.717, 1.165) is 44.9 Å². The van der Waals surface area contributed by atoms with Crippen LogP contribution < -0.4 is 5.73 Å². The first-order chi connectivity index (χ1) is 7.99. The molecule has 102 valence electrons. The molecule has 1 saturated carbocycles. The smallest absolute Gasteiger partial charge is 0.0691 e. The van der Waals surface area contributed by atoms with Gasteiger partial charge in [0.05, 0.1) is 12.2 Å². The molecule has 17 heavy (non-hydrogen) atoms. The summed E-state index contributed by atoms with van der Waals surface area (Å²) in [6, 6.07) is -0.0889. The van der Waals surface area contributed by atoms with Crippen molar-refractivity contribution < 1.29 is 10.2 Å². The predicted octanol–water partition coefficient (Wildman–Crippen LogP) is 2.05. The van der Waals surface area contributed by atoms with E-state index in [4.69, 9.17) is 5.73 Å². The molecule has 3 heteroatoms. The van der Waals surface area contributed by atoms with E-state index < -0.39 is 0 Å². The van der Waals surface area contributed by atoms with Crippen LogP contribution in [0.3, 0.4) is 0 Å². The van der Waals surface area contributed by atoms with Crippen molar-refractivity contribution in [2.75, 3.05) is 0 Å². The molecule has 0 saturated heterocycles. The quantitative estimate of drug-likeness (QED) is 0.669. The summed E-state index contributed by atoms with van der Waals surface area (Å²) in [5.41, 5.74) is 6.06. The zero-order valence-electron chi connectivity index (χ0n) is 11.3. The molecule has 1 aliphatic rings. The van der Waals surface area contributed by atoms with E-state index in [2.05, 4.69) is 13.8 Å². The predicted molar refractivity (Wildman–Crippen MR) is 70.6 cm³/mol. The topological polar surface area (TPSA) is 66.5 Å². The van der Waals surface area contributed by atoms with Gasteiger partial charge in [0, 0.05) is 6.04 Å². The van der Waals surface area contributed by atoms with Crippen LogP contribution in [0, 0.1) is 11.8 Å². The number of aliphatic hydroxyl groups excluding tert-OH is 2. The Kier molecular flexibility index (Phi) is 6.45. The minimum atomic E-state index is -0.357. The summed E-state index contributed by atoms with van der Waals surface area (Å²) < 4.78 is 0. The van der Waals surface area contributed by atoms with Gasteiger partial charge in [-0.25, -0.2) is 0 Å². The van der Waals surface area contributed by atoms with E-state index in [1.807, 2.05) is 0 Å². The lowest BCUT2D eigenvalue weighted by Gasteiger charge is -2.29. The zero-order chi connectivity index (χ0) is 12.8. The summed E-state index contributed by atoms with van der Waals surface area (Å²) in [5, 5.41) is 19.4. The van der Waals surface area contributed by atoms with Crippen LogP contribution >= 0.6 is 0 Å². The highest BCUT2D eigenvalue weighted by molar-refractivity contribution is 4.79. The molecule has 2 atom stereocenters. The number of aliphatic hydroxyl groups is 2. The van der Waals surface area contributed by atoms with E-state index in [9.17, 15) is 10.2 Å². The summed E-state index contributed by atoms with van der Waals surface area (Å²) in [5.74, 6) is 1.23. The van der Waals surface area contributed by atoms with E-state index >= 15 is 0 Å². The van der Waals surface area contributed by atoms with Gasteiger partial charge in [0.15, 0.2) is 0 Å². The lowest BCUT2D eigenvalue weighted by Crippen LogP contribution is -2.37. The van der Waals surface area contributed by atoms with Crippen molar-refractivity contribution in [3.63, 3.8) is 0 Å². The van der Waals surface area contributed by atoms with Crippen LogP contribution in [0.2, 0.25) is 0 Å². The highest BCUT2D eigenvalue weighted by atomic mass is 16.3. The summed E-state index contributed by atoms with van der Waals surface area (Å²) >= 11 is 0. The largest absolute Gasteiger partial charge is 0.393 e. The van der Waals surface area contributed by atoms with Gasteiger partial charge in [-0.3, -0.25) is 0 Å². The fraction of sp³-hybridized carbons (Fsp3) is 1.00. The first kappa shape index (κ1) is 14.9. The van der Waals surface area contributed by atoms with Gasteiger partial charge in [0.2, 0.25) is 0 Å². The molecule has 1 aliphatic carbocycles. The SMILES string of the molecule is CC(C)CC[C@@H](O)[C@@H](N)CC1CCC(O)CC1. The van der Waals surface area contributed by atoms with Gasteiger partial charge in [0.25, 0.3) is 0 Å².